The Kier molecular flexibility index (Phi) is 4.64. The Hall–Kier alpha value is -3.10. The van der Waals surface area contributed by atoms with Crippen LogP contribution in [0.25, 0.3) is 22.6 Å². The molecule has 3 aromatic rings. The van der Waals surface area contributed by atoms with Crippen LogP contribution in [0.2, 0.25) is 0 Å². The molecule has 9 heteroatoms. The molecule has 1 amide bonds. The summed E-state index contributed by atoms with van der Waals surface area (Å²) in [4.78, 5) is 36.8. The van der Waals surface area contributed by atoms with E-state index < -0.39 is 0 Å². The predicted octanol–water partition coefficient (Wildman–Crippen LogP) is 2.64. The summed E-state index contributed by atoms with van der Waals surface area (Å²) in [5.41, 5.74) is 2.29. The van der Waals surface area contributed by atoms with Crippen molar-refractivity contribution in [3.8, 4) is 17.3 Å². The van der Waals surface area contributed by atoms with Crippen LogP contribution in [0, 0.1) is 18.3 Å². The largest absolute Gasteiger partial charge is 0.471 e. The molecular weight excluding hydrogens is 394 g/mol. The van der Waals surface area contributed by atoms with Gasteiger partial charge < -0.3 is 14.2 Å². The molecule has 31 heavy (non-hydrogen) atoms. The molecule has 9 nitrogen and oxygen atoms in total. The molecule has 0 aromatic carbocycles. The molecule has 1 saturated carbocycles. The van der Waals surface area contributed by atoms with Crippen LogP contribution in [0.5, 0.6) is 5.88 Å². The molecule has 5 rings (SSSR count). The molecule has 2 unspecified atom stereocenters. The van der Waals surface area contributed by atoms with E-state index in [1.54, 1.807) is 12.4 Å². The van der Waals surface area contributed by atoms with Gasteiger partial charge in [0.1, 0.15) is 24.1 Å². The van der Waals surface area contributed by atoms with E-state index in [1.807, 2.05) is 23.3 Å². The number of carbonyl (C=O) groups is 1. The normalized spacial score (nSPS) is 22.1. The van der Waals surface area contributed by atoms with Crippen LogP contribution in [0.15, 0.2) is 18.7 Å². The minimum absolute atomic E-state index is 0.0955. The second-order valence-electron chi connectivity index (χ2n) is 9.11. The highest BCUT2D eigenvalue weighted by molar-refractivity contribution is 5.83. The van der Waals surface area contributed by atoms with E-state index in [-0.39, 0.29) is 23.3 Å². The van der Waals surface area contributed by atoms with E-state index in [0.29, 0.717) is 36.0 Å². The zero-order chi connectivity index (χ0) is 21.8. The molecule has 0 bridgehead atoms. The lowest BCUT2D eigenvalue weighted by Gasteiger charge is -2.18. The molecule has 3 aromatic heterocycles. The van der Waals surface area contributed by atoms with Gasteiger partial charge in [-0.3, -0.25) is 4.79 Å². The molecule has 0 radical (unpaired) electrons. The molecule has 162 valence electrons. The SMILES string of the molecule is CCn1c(-c2cnc(C)nc2)nc2c(OC3CCN(C(=O)C4CC4(C)C)C3)ncnc21. The molecule has 2 fully saturated rings. The van der Waals surface area contributed by atoms with E-state index in [4.69, 9.17) is 9.72 Å². The summed E-state index contributed by atoms with van der Waals surface area (Å²) in [6.45, 7) is 10.2. The number of carbonyl (C=O) groups excluding carboxylic acids is 1. The van der Waals surface area contributed by atoms with Crippen molar-refractivity contribution < 1.29 is 9.53 Å². The van der Waals surface area contributed by atoms with E-state index in [2.05, 4.69) is 33.8 Å². The Morgan fingerprint density at radius 1 is 1.23 bits per heavy atom. The lowest BCUT2D eigenvalue weighted by atomic mass is 10.1. The summed E-state index contributed by atoms with van der Waals surface area (Å²) >= 11 is 0. The molecule has 1 aliphatic carbocycles. The summed E-state index contributed by atoms with van der Waals surface area (Å²) < 4.78 is 8.25. The van der Waals surface area contributed by atoms with Gasteiger partial charge in [0.25, 0.3) is 0 Å². The summed E-state index contributed by atoms with van der Waals surface area (Å²) in [6, 6.07) is 0. The second kappa shape index (κ2) is 7.25. The Morgan fingerprint density at radius 3 is 2.65 bits per heavy atom. The molecule has 4 heterocycles. The van der Waals surface area contributed by atoms with E-state index in [0.717, 1.165) is 30.8 Å². The number of ether oxygens (including phenoxy) is 1. The minimum Gasteiger partial charge on any atom is -0.471 e. The highest BCUT2D eigenvalue weighted by Crippen LogP contribution is 2.52. The number of imidazole rings is 1. The maximum Gasteiger partial charge on any atom is 0.245 e. The zero-order valence-corrected chi connectivity index (χ0v) is 18.4. The van der Waals surface area contributed by atoms with E-state index in [1.165, 1.54) is 6.33 Å². The molecule has 2 aliphatic rings. The van der Waals surface area contributed by atoms with Crippen molar-refractivity contribution in [1.82, 2.24) is 34.4 Å². The average molecular weight is 422 g/mol. The minimum atomic E-state index is -0.0955. The number of rotatable bonds is 5. The van der Waals surface area contributed by atoms with Crippen LogP contribution in [-0.4, -0.2) is 59.5 Å². The topological polar surface area (TPSA) is 98.9 Å². The van der Waals surface area contributed by atoms with Crippen molar-refractivity contribution >= 4 is 17.1 Å². The number of hydrogen-bond acceptors (Lipinski definition) is 7. The van der Waals surface area contributed by atoms with Gasteiger partial charge in [0, 0.05) is 37.8 Å². The van der Waals surface area contributed by atoms with Crippen LogP contribution in [0.4, 0.5) is 0 Å². The van der Waals surface area contributed by atoms with Gasteiger partial charge >= 0.3 is 0 Å². The average Bonchev–Trinajstić information content (AvgIpc) is 3.10. The first-order valence-corrected chi connectivity index (χ1v) is 10.8. The Bertz CT molecular complexity index is 1140. The fraction of sp³-hybridized carbons (Fsp3) is 0.545. The second-order valence-corrected chi connectivity index (χ2v) is 9.11. The third kappa shape index (κ3) is 3.51. The fourth-order valence-electron chi connectivity index (χ4n) is 4.32. The van der Waals surface area contributed by atoms with Gasteiger partial charge in [-0.2, -0.15) is 4.98 Å². The molecule has 2 atom stereocenters. The summed E-state index contributed by atoms with van der Waals surface area (Å²) in [6.07, 6.45) is 6.71. The van der Waals surface area contributed by atoms with Crippen LogP contribution in [0.1, 0.15) is 39.4 Å². The highest BCUT2D eigenvalue weighted by Gasteiger charge is 2.52. The van der Waals surface area contributed by atoms with Gasteiger partial charge in [-0.15, -0.1) is 0 Å². The highest BCUT2D eigenvalue weighted by atomic mass is 16.5. The van der Waals surface area contributed by atoms with Gasteiger partial charge in [0.2, 0.25) is 11.8 Å². The summed E-state index contributed by atoms with van der Waals surface area (Å²) in [7, 11) is 0. The lowest BCUT2D eigenvalue weighted by Crippen LogP contribution is -2.33. The van der Waals surface area contributed by atoms with Gasteiger partial charge in [-0.05, 0) is 25.7 Å². The van der Waals surface area contributed by atoms with Crippen LogP contribution >= 0.6 is 0 Å². The zero-order valence-electron chi connectivity index (χ0n) is 18.4. The first-order valence-electron chi connectivity index (χ1n) is 10.8. The third-order valence-electron chi connectivity index (χ3n) is 6.40. The molecular formula is C22H27N7O2. The monoisotopic (exact) mass is 421 g/mol. The Balaban J connectivity index is 1.39. The third-order valence-corrected chi connectivity index (χ3v) is 6.40. The fourth-order valence-corrected chi connectivity index (χ4v) is 4.32. The standard InChI is InChI=1S/C22H27N7O2/c1-5-29-18(14-9-23-13(2)24-10-14)27-17-19(29)25-12-26-20(17)31-15-6-7-28(11-15)21(30)16-8-22(16,3)4/h9-10,12,15-16H,5-8,11H2,1-4H3. The quantitative estimate of drug-likeness (QED) is 0.624. The maximum absolute atomic E-state index is 12.7. The molecule has 1 aliphatic heterocycles. The van der Waals surface area contributed by atoms with Gasteiger partial charge in [-0.1, -0.05) is 13.8 Å². The number of nitrogens with zero attached hydrogens (tertiary/aromatic N) is 7. The lowest BCUT2D eigenvalue weighted by molar-refractivity contribution is -0.132. The van der Waals surface area contributed by atoms with E-state index in [9.17, 15) is 4.79 Å². The number of aromatic nitrogens is 6. The summed E-state index contributed by atoms with van der Waals surface area (Å²) in [5.74, 6) is 2.30. The van der Waals surface area contributed by atoms with Gasteiger partial charge in [0.15, 0.2) is 11.2 Å². The maximum atomic E-state index is 12.7. The number of hydrogen-bond donors (Lipinski definition) is 0. The van der Waals surface area contributed by atoms with Crippen LogP contribution in [0.3, 0.4) is 0 Å². The predicted molar refractivity (Wildman–Crippen MR) is 114 cm³/mol. The molecule has 0 spiro atoms. The van der Waals surface area contributed by atoms with Crippen LogP contribution in [-0.2, 0) is 11.3 Å². The Labute approximate surface area is 180 Å². The smallest absolute Gasteiger partial charge is 0.245 e. The molecule has 1 saturated heterocycles. The number of fused-ring (bicyclic) bond motifs is 1. The number of amides is 1. The Morgan fingerprint density at radius 2 is 1.97 bits per heavy atom. The van der Waals surface area contributed by atoms with Crippen molar-refractivity contribution in [2.24, 2.45) is 11.3 Å². The van der Waals surface area contributed by atoms with Crippen molar-refractivity contribution in [3.63, 3.8) is 0 Å². The van der Waals surface area contributed by atoms with Crippen molar-refractivity contribution in [3.05, 3.63) is 24.5 Å². The van der Waals surface area contributed by atoms with Crippen LogP contribution < -0.4 is 4.74 Å². The van der Waals surface area contributed by atoms with Crippen molar-refractivity contribution in [2.45, 2.75) is 53.2 Å². The first-order chi connectivity index (χ1) is 14.9. The number of likely N-dealkylation sites (tertiary alicyclic amines) is 1. The van der Waals surface area contributed by atoms with Gasteiger partial charge in [0.05, 0.1) is 12.1 Å². The van der Waals surface area contributed by atoms with Crippen molar-refractivity contribution in [1.29, 1.82) is 0 Å². The number of aryl methyl sites for hydroxylation is 2. The summed E-state index contributed by atoms with van der Waals surface area (Å²) in [5, 5.41) is 0. The van der Waals surface area contributed by atoms with E-state index >= 15 is 0 Å². The first kappa shape index (κ1) is 19.8. The van der Waals surface area contributed by atoms with Gasteiger partial charge in [-0.25, -0.2) is 19.9 Å². The van der Waals surface area contributed by atoms with Crippen molar-refractivity contribution in [2.75, 3.05) is 13.1 Å². The molecule has 0 N–H and O–H groups in total.